The molecule has 0 atom stereocenters. The lowest BCUT2D eigenvalue weighted by Crippen LogP contribution is -2.29. The second-order valence-corrected chi connectivity index (χ2v) is 7.23. The maximum absolute atomic E-state index is 13.0. The van der Waals surface area contributed by atoms with Crippen LogP contribution in [0.15, 0.2) is 65.4 Å². The normalized spacial score (nSPS) is 13.0. The molecule has 0 radical (unpaired) electrons. The summed E-state index contributed by atoms with van der Waals surface area (Å²) in [5.41, 5.74) is 4.91. The number of fused-ring (bicyclic) bond motifs is 1. The first-order valence-corrected chi connectivity index (χ1v) is 9.11. The summed E-state index contributed by atoms with van der Waals surface area (Å²) < 4.78 is 0.840. The van der Waals surface area contributed by atoms with Crippen molar-refractivity contribution in [1.29, 1.82) is 0 Å². The number of aromatic nitrogens is 1. The molecule has 0 fully saturated rings. The average molecular weight is 414 g/mol. The molecular formula is C20H14BrClN2O. The molecule has 2 aromatic carbocycles. The Kier molecular flexibility index (Phi) is 4.32. The fourth-order valence-corrected chi connectivity index (χ4v) is 3.70. The van der Waals surface area contributed by atoms with Crippen molar-refractivity contribution in [3.05, 3.63) is 81.5 Å². The van der Waals surface area contributed by atoms with Crippen LogP contribution in [-0.2, 0) is 6.42 Å². The molecule has 0 N–H and O–H groups in total. The van der Waals surface area contributed by atoms with Crippen LogP contribution in [0.3, 0.4) is 0 Å². The lowest BCUT2D eigenvalue weighted by molar-refractivity contribution is 0.0989. The van der Waals surface area contributed by atoms with Gasteiger partial charge in [-0.1, -0.05) is 33.6 Å². The Labute approximate surface area is 159 Å². The van der Waals surface area contributed by atoms with E-state index >= 15 is 0 Å². The van der Waals surface area contributed by atoms with Crippen LogP contribution in [0.25, 0.3) is 11.1 Å². The smallest absolute Gasteiger partial charge is 0.259 e. The van der Waals surface area contributed by atoms with Gasteiger partial charge in [0, 0.05) is 29.1 Å². The average Bonchev–Trinajstić information content (AvgIpc) is 3.07. The SMILES string of the molecule is O=C(c1cc(Br)ccc1Cl)N1CCc2cc(-c3ccncc3)ccc21. The highest BCUT2D eigenvalue weighted by molar-refractivity contribution is 9.10. The number of benzene rings is 2. The molecule has 0 saturated heterocycles. The van der Waals surface area contributed by atoms with Gasteiger partial charge in [-0.25, -0.2) is 0 Å². The maximum Gasteiger partial charge on any atom is 0.259 e. The molecule has 1 aliphatic rings. The minimum absolute atomic E-state index is 0.0679. The van der Waals surface area contributed by atoms with Gasteiger partial charge in [0.2, 0.25) is 0 Å². The van der Waals surface area contributed by atoms with Crippen molar-refractivity contribution >= 4 is 39.1 Å². The minimum Gasteiger partial charge on any atom is -0.308 e. The summed E-state index contributed by atoms with van der Waals surface area (Å²) in [6.07, 6.45) is 4.41. The molecule has 3 nitrogen and oxygen atoms in total. The number of hydrogen-bond acceptors (Lipinski definition) is 2. The number of pyridine rings is 1. The van der Waals surface area contributed by atoms with Crippen molar-refractivity contribution in [2.24, 2.45) is 0 Å². The highest BCUT2D eigenvalue weighted by atomic mass is 79.9. The molecule has 2 heterocycles. The number of rotatable bonds is 2. The third-order valence-electron chi connectivity index (χ3n) is 4.39. The van der Waals surface area contributed by atoms with Crippen LogP contribution in [-0.4, -0.2) is 17.4 Å². The molecular weight excluding hydrogens is 400 g/mol. The van der Waals surface area contributed by atoms with Gasteiger partial charge in [-0.3, -0.25) is 9.78 Å². The van der Waals surface area contributed by atoms with E-state index in [4.69, 9.17) is 11.6 Å². The Bertz CT molecular complexity index is 959. The van der Waals surface area contributed by atoms with Gasteiger partial charge >= 0.3 is 0 Å². The van der Waals surface area contributed by atoms with Gasteiger partial charge in [0.1, 0.15) is 0 Å². The van der Waals surface area contributed by atoms with Crippen LogP contribution in [0.1, 0.15) is 15.9 Å². The zero-order valence-electron chi connectivity index (χ0n) is 13.2. The molecule has 0 spiro atoms. The monoisotopic (exact) mass is 412 g/mol. The Morgan fingerprint density at radius 2 is 1.84 bits per heavy atom. The van der Waals surface area contributed by atoms with Crippen molar-refractivity contribution < 1.29 is 4.79 Å². The lowest BCUT2D eigenvalue weighted by Gasteiger charge is -2.18. The largest absolute Gasteiger partial charge is 0.308 e. The molecule has 124 valence electrons. The number of anilines is 1. The lowest BCUT2D eigenvalue weighted by atomic mass is 10.0. The first-order valence-electron chi connectivity index (χ1n) is 7.94. The molecule has 25 heavy (non-hydrogen) atoms. The van der Waals surface area contributed by atoms with E-state index in [9.17, 15) is 4.79 Å². The molecule has 1 amide bonds. The summed E-state index contributed by atoms with van der Waals surface area (Å²) in [7, 11) is 0. The van der Waals surface area contributed by atoms with E-state index in [1.165, 1.54) is 5.56 Å². The van der Waals surface area contributed by atoms with E-state index in [0.717, 1.165) is 27.7 Å². The van der Waals surface area contributed by atoms with E-state index in [2.05, 4.69) is 27.0 Å². The molecule has 0 saturated carbocycles. The molecule has 0 aliphatic carbocycles. The third kappa shape index (κ3) is 3.08. The van der Waals surface area contributed by atoms with E-state index in [1.807, 2.05) is 30.3 Å². The maximum atomic E-state index is 13.0. The van der Waals surface area contributed by atoms with Gasteiger partial charge in [0.15, 0.2) is 0 Å². The van der Waals surface area contributed by atoms with Crippen LogP contribution in [0.4, 0.5) is 5.69 Å². The van der Waals surface area contributed by atoms with Gasteiger partial charge in [-0.2, -0.15) is 0 Å². The van der Waals surface area contributed by atoms with Crippen molar-refractivity contribution in [2.45, 2.75) is 6.42 Å². The number of carbonyl (C=O) groups excluding carboxylic acids is 1. The van der Waals surface area contributed by atoms with Gasteiger partial charge < -0.3 is 4.90 Å². The molecule has 0 bridgehead atoms. The van der Waals surface area contributed by atoms with Crippen LogP contribution in [0, 0.1) is 0 Å². The Morgan fingerprint density at radius 1 is 1.04 bits per heavy atom. The highest BCUT2D eigenvalue weighted by Gasteiger charge is 2.27. The third-order valence-corrected chi connectivity index (χ3v) is 5.22. The summed E-state index contributed by atoms with van der Waals surface area (Å²) in [4.78, 5) is 18.8. The van der Waals surface area contributed by atoms with Gasteiger partial charge in [0.25, 0.3) is 5.91 Å². The van der Waals surface area contributed by atoms with Crippen LogP contribution >= 0.6 is 27.5 Å². The zero-order chi connectivity index (χ0) is 17.4. The summed E-state index contributed by atoms with van der Waals surface area (Å²) in [5, 5.41) is 0.468. The molecule has 5 heteroatoms. The van der Waals surface area contributed by atoms with Crippen LogP contribution < -0.4 is 4.90 Å². The Hall–Kier alpha value is -2.17. The van der Waals surface area contributed by atoms with Crippen molar-refractivity contribution in [3.8, 4) is 11.1 Å². The zero-order valence-corrected chi connectivity index (χ0v) is 15.6. The summed E-state index contributed by atoms with van der Waals surface area (Å²) in [5.74, 6) is -0.0679. The number of hydrogen-bond donors (Lipinski definition) is 0. The number of amides is 1. The predicted octanol–water partition coefficient (Wildman–Crippen LogP) is 5.37. The first-order chi connectivity index (χ1) is 12.1. The predicted molar refractivity (Wildman–Crippen MR) is 104 cm³/mol. The standard InChI is InChI=1S/C20H14BrClN2O/c21-16-2-3-18(22)17(12-16)20(25)24-10-7-15-11-14(1-4-19(15)24)13-5-8-23-9-6-13/h1-6,8-9,11-12H,7,10H2. The summed E-state index contributed by atoms with van der Waals surface area (Å²) in [6, 6.07) is 15.5. The van der Waals surface area contributed by atoms with Crippen molar-refractivity contribution in [3.63, 3.8) is 0 Å². The Morgan fingerprint density at radius 3 is 2.64 bits per heavy atom. The van der Waals surface area contributed by atoms with Crippen LogP contribution in [0.2, 0.25) is 5.02 Å². The Balaban J connectivity index is 1.68. The molecule has 4 rings (SSSR count). The molecule has 3 aromatic rings. The highest BCUT2D eigenvalue weighted by Crippen LogP contribution is 2.34. The number of nitrogens with zero attached hydrogens (tertiary/aromatic N) is 2. The van der Waals surface area contributed by atoms with E-state index in [1.54, 1.807) is 29.4 Å². The molecule has 1 aliphatic heterocycles. The van der Waals surface area contributed by atoms with E-state index < -0.39 is 0 Å². The second kappa shape index (κ2) is 6.62. The topological polar surface area (TPSA) is 33.2 Å². The minimum atomic E-state index is -0.0679. The number of carbonyl (C=O) groups is 1. The van der Waals surface area contributed by atoms with E-state index in [0.29, 0.717) is 17.1 Å². The van der Waals surface area contributed by atoms with Gasteiger partial charge in [0.05, 0.1) is 10.6 Å². The summed E-state index contributed by atoms with van der Waals surface area (Å²) >= 11 is 9.63. The molecule has 1 aromatic heterocycles. The fraction of sp³-hybridized carbons (Fsp3) is 0.100. The van der Waals surface area contributed by atoms with Gasteiger partial charge in [-0.05, 0) is 65.6 Å². The first kappa shape index (κ1) is 16.3. The van der Waals surface area contributed by atoms with Crippen molar-refractivity contribution in [2.75, 3.05) is 11.4 Å². The quantitative estimate of drug-likeness (QED) is 0.566. The second-order valence-electron chi connectivity index (χ2n) is 5.91. The van der Waals surface area contributed by atoms with Crippen molar-refractivity contribution in [1.82, 2.24) is 4.98 Å². The fourth-order valence-electron chi connectivity index (χ4n) is 3.14. The van der Waals surface area contributed by atoms with Crippen LogP contribution in [0.5, 0.6) is 0 Å². The van der Waals surface area contributed by atoms with Gasteiger partial charge in [-0.15, -0.1) is 0 Å². The summed E-state index contributed by atoms with van der Waals surface area (Å²) in [6.45, 7) is 0.663. The molecule has 0 unspecified atom stereocenters. The van der Waals surface area contributed by atoms with E-state index in [-0.39, 0.29) is 5.91 Å². The number of halogens is 2.